The van der Waals surface area contributed by atoms with Crippen LogP contribution in [-0.2, 0) is 74.9 Å². The van der Waals surface area contributed by atoms with E-state index in [2.05, 4.69) is 107 Å². The predicted octanol–water partition coefficient (Wildman–Crippen LogP) is 10.3. The number of para-hydroxylation sites is 2. The number of phosphoric acid groups is 2. The van der Waals surface area contributed by atoms with Crippen LogP contribution in [0.15, 0.2) is 58.3 Å². The first-order chi connectivity index (χ1) is 51.3. The minimum atomic E-state index is -5.20. The van der Waals surface area contributed by atoms with Crippen LogP contribution in [0.1, 0.15) is 291 Å². The van der Waals surface area contributed by atoms with Crippen molar-refractivity contribution in [1.82, 2.24) is 4.90 Å². The normalized spacial score (nSPS) is 14.3. The average Bonchev–Trinajstić information content (AvgIpc) is 0.777. The van der Waals surface area contributed by atoms with Crippen molar-refractivity contribution in [2.75, 3.05) is 71.7 Å². The zero-order valence-electron chi connectivity index (χ0n) is 67.8. The summed E-state index contributed by atoms with van der Waals surface area (Å²) in [5, 5.41) is 42.9. The third kappa shape index (κ3) is 59.8. The first-order valence-corrected chi connectivity index (χ1v) is 43.7. The van der Waals surface area contributed by atoms with E-state index in [4.69, 9.17) is 57.5 Å². The van der Waals surface area contributed by atoms with Gasteiger partial charge in [-0.05, 0) is 70.0 Å². The molecule has 109 heavy (non-hydrogen) atoms. The summed E-state index contributed by atoms with van der Waals surface area (Å²) >= 11 is 1.88. The second-order valence-electron chi connectivity index (χ2n) is 28.2. The van der Waals surface area contributed by atoms with E-state index >= 15 is 0 Å². The Morgan fingerprint density at radius 3 is 0.972 bits per heavy atom. The van der Waals surface area contributed by atoms with Crippen LogP contribution in [0.5, 0.6) is 0 Å². The number of aliphatic hydroxyl groups is 3. The molecule has 7 unspecified atom stereocenters. The Bertz CT molecular complexity index is 2600. The Balaban J connectivity index is 0. The third-order valence-corrected chi connectivity index (χ3v) is 20.6. The summed E-state index contributed by atoms with van der Waals surface area (Å²) in [4.78, 5) is 103. The number of benzene rings is 2. The molecule has 3 rings (SSSR count). The summed E-state index contributed by atoms with van der Waals surface area (Å²) in [6, 6.07) is 17.4. The smallest absolute Gasteiger partial charge is 0.756 e. The van der Waals surface area contributed by atoms with Gasteiger partial charge in [-0.3, -0.25) is 28.3 Å². The number of carboxylic acids is 2. The van der Waals surface area contributed by atoms with E-state index in [9.17, 15) is 52.8 Å². The first-order valence-electron chi connectivity index (χ1n) is 40.0. The van der Waals surface area contributed by atoms with Crippen molar-refractivity contribution in [3.05, 3.63) is 48.5 Å². The fourth-order valence-corrected chi connectivity index (χ4v) is 14.3. The van der Waals surface area contributed by atoms with Crippen molar-refractivity contribution in [3.8, 4) is 0 Å². The molecule has 618 valence electrons. The van der Waals surface area contributed by atoms with Gasteiger partial charge in [-0.1, -0.05) is 276 Å². The SMILES string of the molecule is CC(CN(C)C)CN1c2ccccc2Sc2ccccc21.CCCCCCCCCCCC(=O)OCC(COP(=O)([O-])OCC(O)COP(=O)([O-])OCC(COC(=O)CCCCCCCCCCC)OC(=O)CCCCCCCCCCC)OC(=O)CCCCCCCCCCC.O=C(O)C(O)C(O)C(=O)O.[Na+].[Na+]. The molecule has 25 nitrogen and oxygen atoms in total. The van der Waals surface area contributed by atoms with Gasteiger partial charge in [-0.2, -0.15) is 0 Å². The molecule has 1 heterocycles. The summed E-state index contributed by atoms with van der Waals surface area (Å²) < 4.78 is 66.7. The van der Waals surface area contributed by atoms with Crippen LogP contribution in [0.25, 0.3) is 0 Å². The van der Waals surface area contributed by atoms with Gasteiger partial charge >= 0.3 is 94.9 Å². The molecule has 0 saturated carbocycles. The van der Waals surface area contributed by atoms with Gasteiger partial charge in [0.05, 0.1) is 37.8 Å². The van der Waals surface area contributed by atoms with E-state index in [1.807, 2.05) is 11.8 Å². The zero-order valence-corrected chi connectivity index (χ0v) is 74.4. The van der Waals surface area contributed by atoms with E-state index in [0.717, 1.165) is 116 Å². The first kappa shape index (κ1) is 109. The molecule has 5 N–H and O–H groups in total. The van der Waals surface area contributed by atoms with E-state index < -0.39 is 122 Å². The molecule has 0 bridgehead atoms. The van der Waals surface area contributed by atoms with E-state index in [-0.39, 0.29) is 84.8 Å². The third-order valence-electron chi connectivity index (χ3n) is 17.6. The molecule has 0 fully saturated rings. The number of carboxylic acid groups (broad SMARTS) is 2. The second kappa shape index (κ2) is 69.7. The molecule has 2 aromatic rings. The largest absolute Gasteiger partial charge is 1.00 e. The fraction of sp³-hybridized carbons (Fsp3) is 0.772. The Hall–Kier alpha value is -2.53. The minimum Gasteiger partial charge on any atom is -0.756 e. The molecule has 0 spiro atoms. The Labute approximate surface area is 701 Å². The molecule has 0 aromatic heterocycles. The number of phosphoric ester groups is 2. The van der Waals surface area contributed by atoms with Crippen molar-refractivity contribution >= 4 is 74.6 Å². The quantitative estimate of drug-likeness (QED) is 0.0135. The van der Waals surface area contributed by atoms with Gasteiger partial charge in [-0.25, -0.2) is 9.59 Å². The van der Waals surface area contributed by atoms with E-state index in [1.54, 1.807) is 0 Å². The van der Waals surface area contributed by atoms with Gasteiger partial charge in [0.15, 0.2) is 24.4 Å². The molecule has 7 atom stereocenters. The van der Waals surface area contributed by atoms with Gasteiger partial charge in [-0.15, -0.1) is 0 Å². The van der Waals surface area contributed by atoms with Crippen molar-refractivity contribution < 1.29 is 169 Å². The van der Waals surface area contributed by atoms with Crippen molar-refractivity contribution in [2.45, 2.75) is 332 Å². The molecular formula is C79H136N2Na2O23P2S. The number of aliphatic carboxylic acids is 2. The number of unbranched alkanes of at least 4 members (excludes halogenated alkanes) is 32. The maximum atomic E-state index is 12.8. The van der Waals surface area contributed by atoms with Crippen molar-refractivity contribution in [3.63, 3.8) is 0 Å². The van der Waals surface area contributed by atoms with Crippen LogP contribution in [0.3, 0.4) is 0 Å². The number of anilines is 2. The number of carbonyl (C=O) groups excluding carboxylic acids is 4. The molecule has 1 aliphatic heterocycles. The maximum absolute atomic E-state index is 12.8. The molecule has 0 radical (unpaired) electrons. The Morgan fingerprint density at radius 1 is 0.422 bits per heavy atom. The van der Waals surface area contributed by atoms with E-state index in [1.165, 1.54) is 124 Å². The van der Waals surface area contributed by atoms with Gasteiger partial charge in [0.2, 0.25) is 0 Å². The number of aliphatic hydroxyl groups excluding tert-OH is 3. The van der Waals surface area contributed by atoms with Gasteiger partial charge in [0, 0.05) is 48.6 Å². The molecular weight excluding hydrogens is 1480 g/mol. The van der Waals surface area contributed by atoms with E-state index in [0.29, 0.717) is 31.6 Å². The molecule has 30 heteroatoms. The molecule has 1 aliphatic rings. The average molecular weight is 1620 g/mol. The fourth-order valence-electron chi connectivity index (χ4n) is 11.6. The number of nitrogens with zero attached hydrogens (tertiary/aromatic N) is 2. The summed E-state index contributed by atoms with van der Waals surface area (Å²) in [6.07, 6.45) is 29.7. The van der Waals surface area contributed by atoms with Crippen LogP contribution >= 0.6 is 27.4 Å². The van der Waals surface area contributed by atoms with Gasteiger partial charge < -0.3 is 82.2 Å². The second-order valence-corrected chi connectivity index (χ2v) is 32.1. The summed E-state index contributed by atoms with van der Waals surface area (Å²) in [6.45, 7) is 8.84. The molecule has 0 aliphatic carbocycles. The maximum Gasteiger partial charge on any atom is 1.00 e. The van der Waals surface area contributed by atoms with Crippen molar-refractivity contribution in [2.24, 2.45) is 5.92 Å². The van der Waals surface area contributed by atoms with Crippen LogP contribution in [0.2, 0.25) is 0 Å². The minimum absolute atomic E-state index is 0. The summed E-state index contributed by atoms with van der Waals surface area (Å²) in [7, 11) is -6.11. The van der Waals surface area contributed by atoms with Gasteiger partial charge in [0.1, 0.15) is 19.3 Å². The monoisotopic (exact) mass is 1620 g/mol. The molecule has 0 amide bonds. The molecule has 0 saturated heterocycles. The number of fused-ring (bicyclic) bond motifs is 2. The number of carbonyl (C=O) groups is 6. The summed E-state index contributed by atoms with van der Waals surface area (Å²) in [5.74, 6) is -5.16. The number of rotatable bonds is 65. The number of esters is 4. The Morgan fingerprint density at radius 2 is 0.688 bits per heavy atom. The van der Waals surface area contributed by atoms with Crippen LogP contribution in [-0.4, -0.2) is 164 Å². The standard InChI is InChI=1S/C57H110O17P2.C18H22N2S.C4H6O6.2Na/c1-5-9-13-17-21-25-29-33-37-41-54(59)67-47-52(73-56(61)43-39-35-31-27-23-19-15-11-7-3)49-71-75(63,64)69-45-51(58)46-70-76(65,66)72-50-53(74-57(62)44-40-36-32-28-24-20-16-12-8-4)48-68-55(60)42-38-34-30-26-22-18-14-10-6-2;1-14(12-19(2)3)13-20-15-8-4-6-10-17(15)21-18-11-7-5-9-16(18)20;5-1(3(7)8)2(6)4(9)10;;/h51-53,58H,5-50H2,1-4H3,(H,63,64)(H,65,66);4-11,14H,12-13H2,1-3H3;1-2,5-6H,(H,7,8)(H,9,10);;/q;;;2*+1/p-2. The molecule has 2 aromatic carbocycles. The number of hydrogen-bond acceptors (Lipinski definition) is 24. The van der Waals surface area contributed by atoms with Gasteiger partial charge in [0.25, 0.3) is 15.6 Å². The topological polar surface area (TPSA) is 364 Å². The Kier molecular flexibility index (Phi) is 69.4. The number of ether oxygens (including phenoxy) is 4. The van der Waals surface area contributed by atoms with Crippen LogP contribution in [0, 0.1) is 5.92 Å². The van der Waals surface area contributed by atoms with Crippen LogP contribution in [0.4, 0.5) is 11.4 Å². The zero-order chi connectivity index (χ0) is 79.4. The predicted molar refractivity (Wildman–Crippen MR) is 413 cm³/mol. The van der Waals surface area contributed by atoms with Crippen LogP contribution < -0.4 is 73.8 Å². The summed E-state index contributed by atoms with van der Waals surface area (Å²) in [5.41, 5.74) is 2.68. The van der Waals surface area contributed by atoms with Crippen molar-refractivity contribution in [1.29, 1.82) is 0 Å². The number of hydrogen-bond donors (Lipinski definition) is 5.